The Morgan fingerprint density at radius 2 is 2.33 bits per heavy atom. The van der Waals surface area contributed by atoms with Gasteiger partial charge in [-0.1, -0.05) is 23.7 Å². The quantitative estimate of drug-likeness (QED) is 0.657. The van der Waals surface area contributed by atoms with Crippen LogP contribution in [0.4, 0.5) is 0 Å². The molecule has 92 valence electrons. The van der Waals surface area contributed by atoms with E-state index in [-0.39, 0.29) is 5.91 Å². The molecule has 5 nitrogen and oxygen atoms in total. The maximum absolute atomic E-state index is 11.6. The smallest absolute Gasteiger partial charge is 0.282 e. The lowest BCUT2D eigenvalue weighted by molar-refractivity contribution is 0.0950. The van der Waals surface area contributed by atoms with Gasteiger partial charge in [0.2, 0.25) is 0 Å². The van der Waals surface area contributed by atoms with Gasteiger partial charge in [0.1, 0.15) is 0 Å². The molecule has 1 amide bonds. The van der Waals surface area contributed by atoms with Gasteiger partial charge in [-0.25, -0.2) is 5.43 Å². The van der Waals surface area contributed by atoms with Crippen LogP contribution in [0.3, 0.4) is 0 Å². The molecule has 1 heterocycles. The molecule has 0 radical (unpaired) electrons. The number of nitrogens with zero attached hydrogens (tertiary/aromatic N) is 2. The number of aromatic nitrogens is 2. The van der Waals surface area contributed by atoms with Crippen LogP contribution < -0.4 is 5.43 Å². The number of halogens is 1. The van der Waals surface area contributed by atoms with Crippen molar-refractivity contribution >= 4 is 23.7 Å². The second-order valence-electron chi connectivity index (χ2n) is 3.69. The third-order valence-electron chi connectivity index (χ3n) is 2.17. The van der Waals surface area contributed by atoms with Crippen molar-refractivity contribution in [3.8, 4) is 0 Å². The van der Waals surface area contributed by atoms with Crippen LogP contribution in [-0.2, 0) is 0 Å². The van der Waals surface area contributed by atoms with Gasteiger partial charge in [-0.05, 0) is 30.7 Å². The van der Waals surface area contributed by atoms with E-state index in [0.717, 1.165) is 11.3 Å². The summed E-state index contributed by atoms with van der Waals surface area (Å²) in [4.78, 5) is 11.6. The Kier molecular flexibility index (Phi) is 3.74. The van der Waals surface area contributed by atoms with E-state index in [2.05, 4.69) is 20.7 Å². The number of hydrazone groups is 1. The molecule has 0 unspecified atom stereocenters. The zero-order valence-electron chi connectivity index (χ0n) is 9.64. The van der Waals surface area contributed by atoms with Gasteiger partial charge in [0.15, 0.2) is 5.69 Å². The minimum atomic E-state index is -0.363. The van der Waals surface area contributed by atoms with Gasteiger partial charge in [0.25, 0.3) is 5.91 Å². The van der Waals surface area contributed by atoms with Gasteiger partial charge in [-0.3, -0.25) is 9.89 Å². The molecular weight excluding hydrogens is 252 g/mol. The number of aromatic amines is 1. The Morgan fingerprint density at radius 3 is 3.00 bits per heavy atom. The molecular formula is C12H11ClN4O. The summed E-state index contributed by atoms with van der Waals surface area (Å²) in [7, 11) is 0. The first-order chi connectivity index (χ1) is 8.65. The van der Waals surface area contributed by atoms with E-state index >= 15 is 0 Å². The summed E-state index contributed by atoms with van der Waals surface area (Å²) in [5.41, 5.74) is 4.31. The van der Waals surface area contributed by atoms with Crippen molar-refractivity contribution in [3.05, 3.63) is 52.3 Å². The monoisotopic (exact) mass is 262 g/mol. The third-order valence-corrected chi connectivity index (χ3v) is 2.40. The Hall–Kier alpha value is -2.14. The predicted molar refractivity (Wildman–Crippen MR) is 69.8 cm³/mol. The Morgan fingerprint density at radius 1 is 1.50 bits per heavy atom. The second kappa shape index (κ2) is 5.46. The first-order valence-corrected chi connectivity index (χ1v) is 5.64. The normalized spacial score (nSPS) is 10.8. The number of nitrogens with one attached hydrogen (secondary N) is 2. The second-order valence-corrected chi connectivity index (χ2v) is 4.13. The van der Waals surface area contributed by atoms with Gasteiger partial charge < -0.3 is 0 Å². The Bertz CT molecular complexity index is 591. The molecule has 1 aromatic carbocycles. The molecule has 0 bridgehead atoms. The summed E-state index contributed by atoms with van der Waals surface area (Å²) in [6.07, 6.45) is 1.52. The van der Waals surface area contributed by atoms with E-state index in [1.54, 1.807) is 18.2 Å². The van der Waals surface area contributed by atoms with E-state index in [9.17, 15) is 4.79 Å². The highest BCUT2D eigenvalue weighted by Crippen LogP contribution is 2.08. The first-order valence-electron chi connectivity index (χ1n) is 5.26. The SMILES string of the molecule is Cc1cc(C(=O)N/N=C/c2cccc(Cl)c2)n[nH]1. The Balaban J connectivity index is 1.97. The zero-order valence-corrected chi connectivity index (χ0v) is 10.4. The number of rotatable bonds is 3. The minimum absolute atomic E-state index is 0.302. The highest BCUT2D eigenvalue weighted by atomic mass is 35.5. The average molecular weight is 263 g/mol. The van der Waals surface area contributed by atoms with Gasteiger partial charge in [-0.15, -0.1) is 0 Å². The maximum Gasteiger partial charge on any atom is 0.291 e. The molecule has 0 atom stereocenters. The van der Waals surface area contributed by atoms with Crippen molar-refractivity contribution in [2.24, 2.45) is 5.10 Å². The highest BCUT2D eigenvalue weighted by Gasteiger charge is 2.07. The third kappa shape index (κ3) is 3.18. The summed E-state index contributed by atoms with van der Waals surface area (Å²) in [5.74, 6) is -0.363. The Labute approximate surface area is 109 Å². The average Bonchev–Trinajstić information content (AvgIpc) is 2.76. The number of hydrogen-bond acceptors (Lipinski definition) is 3. The summed E-state index contributed by atoms with van der Waals surface area (Å²) in [5, 5.41) is 11.0. The lowest BCUT2D eigenvalue weighted by atomic mass is 10.2. The standard InChI is InChI=1S/C12H11ClN4O/c1-8-5-11(16-15-8)12(18)17-14-7-9-3-2-4-10(13)6-9/h2-7H,1H3,(H,15,16)(H,17,18)/b14-7+. The van der Waals surface area contributed by atoms with Crippen molar-refractivity contribution in [3.63, 3.8) is 0 Å². The van der Waals surface area contributed by atoms with E-state index in [0.29, 0.717) is 10.7 Å². The summed E-state index contributed by atoms with van der Waals surface area (Å²) in [6, 6.07) is 8.80. The van der Waals surface area contributed by atoms with Crippen LogP contribution in [0.5, 0.6) is 0 Å². The largest absolute Gasteiger partial charge is 0.291 e. The molecule has 1 aromatic heterocycles. The molecule has 2 aromatic rings. The molecule has 0 spiro atoms. The predicted octanol–water partition coefficient (Wildman–Crippen LogP) is 2.14. The van der Waals surface area contributed by atoms with Crippen molar-refractivity contribution in [2.45, 2.75) is 6.92 Å². The van der Waals surface area contributed by atoms with Crippen LogP contribution in [0.1, 0.15) is 21.7 Å². The van der Waals surface area contributed by atoms with Crippen LogP contribution >= 0.6 is 11.6 Å². The topological polar surface area (TPSA) is 70.1 Å². The molecule has 0 fully saturated rings. The van der Waals surface area contributed by atoms with Gasteiger partial charge in [-0.2, -0.15) is 10.2 Å². The molecule has 0 saturated heterocycles. The fraction of sp³-hybridized carbons (Fsp3) is 0.0833. The number of amides is 1. The van der Waals surface area contributed by atoms with E-state index in [1.807, 2.05) is 19.1 Å². The molecule has 0 aliphatic rings. The summed E-state index contributed by atoms with van der Waals surface area (Å²) < 4.78 is 0. The fourth-order valence-corrected chi connectivity index (χ4v) is 1.54. The molecule has 2 N–H and O–H groups in total. The zero-order chi connectivity index (χ0) is 13.0. The molecule has 6 heteroatoms. The van der Waals surface area contributed by atoms with Crippen molar-refractivity contribution < 1.29 is 4.79 Å². The van der Waals surface area contributed by atoms with Crippen LogP contribution in [0, 0.1) is 6.92 Å². The minimum Gasteiger partial charge on any atom is -0.282 e. The highest BCUT2D eigenvalue weighted by molar-refractivity contribution is 6.30. The lowest BCUT2D eigenvalue weighted by Gasteiger charge is -1.95. The van der Waals surface area contributed by atoms with Crippen molar-refractivity contribution in [1.29, 1.82) is 0 Å². The summed E-state index contributed by atoms with van der Waals surface area (Å²) in [6.45, 7) is 1.82. The van der Waals surface area contributed by atoms with Crippen LogP contribution in [0.25, 0.3) is 0 Å². The maximum atomic E-state index is 11.6. The number of carbonyl (C=O) groups excluding carboxylic acids is 1. The van der Waals surface area contributed by atoms with Crippen molar-refractivity contribution in [2.75, 3.05) is 0 Å². The molecule has 0 aliphatic carbocycles. The van der Waals surface area contributed by atoms with Crippen molar-refractivity contribution in [1.82, 2.24) is 15.6 Å². The molecule has 18 heavy (non-hydrogen) atoms. The van der Waals surface area contributed by atoms with E-state index in [4.69, 9.17) is 11.6 Å². The van der Waals surface area contributed by atoms with Crippen LogP contribution in [0.2, 0.25) is 5.02 Å². The fourth-order valence-electron chi connectivity index (χ4n) is 1.34. The molecule has 0 aliphatic heterocycles. The summed E-state index contributed by atoms with van der Waals surface area (Å²) >= 11 is 5.82. The van der Waals surface area contributed by atoms with Crippen LogP contribution in [0.15, 0.2) is 35.4 Å². The molecule has 2 rings (SSSR count). The van der Waals surface area contributed by atoms with Gasteiger partial charge >= 0.3 is 0 Å². The number of hydrogen-bond donors (Lipinski definition) is 2. The van der Waals surface area contributed by atoms with E-state index in [1.165, 1.54) is 6.21 Å². The number of carbonyl (C=O) groups is 1. The van der Waals surface area contributed by atoms with Gasteiger partial charge in [0, 0.05) is 10.7 Å². The molecule has 0 saturated carbocycles. The first kappa shape index (κ1) is 12.3. The number of aryl methyl sites for hydroxylation is 1. The number of benzene rings is 1. The number of H-pyrrole nitrogens is 1. The van der Waals surface area contributed by atoms with E-state index < -0.39 is 0 Å². The van der Waals surface area contributed by atoms with Gasteiger partial charge in [0.05, 0.1) is 6.21 Å². The lowest BCUT2D eigenvalue weighted by Crippen LogP contribution is -2.17. The van der Waals surface area contributed by atoms with Crippen LogP contribution in [-0.4, -0.2) is 22.3 Å².